The summed E-state index contributed by atoms with van der Waals surface area (Å²) in [5.74, 6) is 1.31. The molecule has 0 aliphatic rings. The topological polar surface area (TPSA) is 51.0 Å². The average Bonchev–Trinajstić information content (AvgIpc) is 2.87. The molecule has 1 aromatic carbocycles. The van der Waals surface area contributed by atoms with Crippen LogP contribution in [-0.2, 0) is 6.42 Å². The summed E-state index contributed by atoms with van der Waals surface area (Å²) in [5.41, 5.74) is 2.12. The van der Waals surface area contributed by atoms with E-state index in [-0.39, 0.29) is 0 Å². The van der Waals surface area contributed by atoms with E-state index >= 15 is 0 Å². The molecule has 4 nitrogen and oxygen atoms in total. The third-order valence-electron chi connectivity index (χ3n) is 3.06. The van der Waals surface area contributed by atoms with Crippen molar-refractivity contribution >= 4 is 15.9 Å². The van der Waals surface area contributed by atoms with Crippen molar-refractivity contribution in [1.82, 2.24) is 15.5 Å². The van der Waals surface area contributed by atoms with Crippen LogP contribution in [-0.4, -0.2) is 23.3 Å². The molecule has 0 bridgehead atoms. The van der Waals surface area contributed by atoms with Gasteiger partial charge in [0, 0.05) is 16.5 Å². The van der Waals surface area contributed by atoms with Gasteiger partial charge in [-0.1, -0.05) is 22.9 Å². The van der Waals surface area contributed by atoms with Crippen molar-refractivity contribution in [3.8, 4) is 11.5 Å². The van der Waals surface area contributed by atoms with E-state index in [1.807, 2.05) is 25.1 Å². The van der Waals surface area contributed by atoms with E-state index in [4.69, 9.17) is 4.42 Å². The SMILES string of the molecule is CCCNCCCc1nnc(-c2ccc(Br)cc2C)o1. The molecule has 20 heavy (non-hydrogen) atoms. The van der Waals surface area contributed by atoms with Crippen LogP contribution in [0.1, 0.15) is 31.2 Å². The summed E-state index contributed by atoms with van der Waals surface area (Å²) in [6.07, 6.45) is 2.99. The van der Waals surface area contributed by atoms with Crippen LogP contribution in [0.15, 0.2) is 27.1 Å². The molecular weight excluding hydrogens is 318 g/mol. The number of halogens is 1. The maximum atomic E-state index is 5.73. The first kappa shape index (κ1) is 15.2. The normalized spacial score (nSPS) is 10.9. The first-order chi connectivity index (χ1) is 9.70. The molecule has 0 atom stereocenters. The fourth-order valence-corrected chi connectivity index (χ4v) is 2.47. The molecule has 1 heterocycles. The van der Waals surface area contributed by atoms with Crippen molar-refractivity contribution in [1.29, 1.82) is 0 Å². The largest absolute Gasteiger partial charge is 0.421 e. The molecule has 0 aliphatic carbocycles. The molecule has 2 rings (SSSR count). The number of nitrogens with zero attached hydrogens (tertiary/aromatic N) is 2. The van der Waals surface area contributed by atoms with E-state index in [9.17, 15) is 0 Å². The summed E-state index contributed by atoms with van der Waals surface area (Å²) in [7, 11) is 0. The summed E-state index contributed by atoms with van der Waals surface area (Å²) in [5, 5.41) is 11.6. The highest BCUT2D eigenvalue weighted by molar-refractivity contribution is 9.10. The second kappa shape index (κ2) is 7.55. The fraction of sp³-hybridized carbons (Fsp3) is 0.467. The monoisotopic (exact) mass is 337 g/mol. The van der Waals surface area contributed by atoms with Crippen LogP contribution in [0.2, 0.25) is 0 Å². The van der Waals surface area contributed by atoms with Crippen LogP contribution in [0.4, 0.5) is 0 Å². The number of hydrogen-bond acceptors (Lipinski definition) is 4. The van der Waals surface area contributed by atoms with Gasteiger partial charge in [0.15, 0.2) is 0 Å². The molecule has 0 unspecified atom stereocenters. The van der Waals surface area contributed by atoms with Crippen LogP contribution in [0.25, 0.3) is 11.5 Å². The highest BCUT2D eigenvalue weighted by Crippen LogP contribution is 2.25. The van der Waals surface area contributed by atoms with Crippen molar-refractivity contribution in [2.75, 3.05) is 13.1 Å². The Morgan fingerprint density at radius 3 is 2.85 bits per heavy atom. The van der Waals surface area contributed by atoms with Gasteiger partial charge in [0.2, 0.25) is 11.8 Å². The predicted octanol–water partition coefficient (Wildman–Crippen LogP) is 3.74. The Morgan fingerprint density at radius 1 is 1.25 bits per heavy atom. The average molecular weight is 338 g/mol. The van der Waals surface area contributed by atoms with Gasteiger partial charge in [0.25, 0.3) is 0 Å². The van der Waals surface area contributed by atoms with Gasteiger partial charge in [-0.15, -0.1) is 10.2 Å². The van der Waals surface area contributed by atoms with E-state index in [1.54, 1.807) is 0 Å². The summed E-state index contributed by atoms with van der Waals surface area (Å²) in [6, 6.07) is 6.04. The number of nitrogens with one attached hydrogen (secondary N) is 1. The highest BCUT2D eigenvalue weighted by Gasteiger charge is 2.10. The molecular formula is C15H20BrN3O. The maximum Gasteiger partial charge on any atom is 0.247 e. The lowest BCUT2D eigenvalue weighted by Crippen LogP contribution is -2.16. The summed E-state index contributed by atoms with van der Waals surface area (Å²) in [6.45, 7) is 6.26. The third-order valence-corrected chi connectivity index (χ3v) is 3.55. The van der Waals surface area contributed by atoms with Crippen LogP contribution in [0, 0.1) is 6.92 Å². The second-order valence-corrected chi connectivity index (χ2v) is 5.73. The van der Waals surface area contributed by atoms with E-state index in [1.165, 1.54) is 0 Å². The lowest BCUT2D eigenvalue weighted by atomic mass is 10.1. The maximum absolute atomic E-state index is 5.73. The van der Waals surface area contributed by atoms with Crippen molar-refractivity contribution in [3.63, 3.8) is 0 Å². The van der Waals surface area contributed by atoms with Gasteiger partial charge in [0.05, 0.1) is 0 Å². The Labute approximate surface area is 128 Å². The van der Waals surface area contributed by atoms with E-state index in [0.29, 0.717) is 11.8 Å². The van der Waals surface area contributed by atoms with Gasteiger partial charge < -0.3 is 9.73 Å². The fourth-order valence-electron chi connectivity index (χ4n) is 2.00. The molecule has 0 aliphatic heterocycles. The van der Waals surface area contributed by atoms with E-state index in [0.717, 1.165) is 48.0 Å². The van der Waals surface area contributed by atoms with Gasteiger partial charge in [0.1, 0.15) is 0 Å². The smallest absolute Gasteiger partial charge is 0.247 e. The second-order valence-electron chi connectivity index (χ2n) is 4.81. The minimum Gasteiger partial charge on any atom is -0.421 e. The zero-order valence-electron chi connectivity index (χ0n) is 11.9. The Kier molecular flexibility index (Phi) is 5.73. The molecule has 1 aromatic heterocycles. The molecule has 0 spiro atoms. The standard InChI is InChI=1S/C15H20BrN3O/c1-3-8-17-9-4-5-14-18-19-15(20-14)13-7-6-12(16)10-11(13)2/h6-7,10,17H,3-5,8-9H2,1-2H3. The summed E-state index contributed by atoms with van der Waals surface area (Å²) in [4.78, 5) is 0. The first-order valence-corrected chi connectivity index (χ1v) is 7.79. The van der Waals surface area contributed by atoms with Crippen molar-refractivity contribution in [3.05, 3.63) is 34.1 Å². The molecule has 0 saturated heterocycles. The lowest BCUT2D eigenvalue weighted by Gasteiger charge is -2.01. The van der Waals surface area contributed by atoms with E-state index < -0.39 is 0 Å². The summed E-state index contributed by atoms with van der Waals surface area (Å²) < 4.78 is 6.79. The Balaban J connectivity index is 1.95. The number of benzene rings is 1. The van der Waals surface area contributed by atoms with Crippen molar-refractivity contribution < 1.29 is 4.42 Å². The van der Waals surface area contributed by atoms with Crippen molar-refractivity contribution in [2.24, 2.45) is 0 Å². The van der Waals surface area contributed by atoms with Gasteiger partial charge >= 0.3 is 0 Å². The molecule has 2 aromatic rings. The van der Waals surface area contributed by atoms with Gasteiger partial charge in [-0.25, -0.2) is 0 Å². The van der Waals surface area contributed by atoms with Gasteiger partial charge in [-0.2, -0.15) is 0 Å². The Hall–Kier alpha value is -1.20. The zero-order valence-corrected chi connectivity index (χ0v) is 13.5. The van der Waals surface area contributed by atoms with Crippen LogP contribution >= 0.6 is 15.9 Å². The minimum absolute atomic E-state index is 0.603. The number of aromatic nitrogens is 2. The molecule has 108 valence electrons. The van der Waals surface area contributed by atoms with Gasteiger partial charge in [-0.3, -0.25) is 0 Å². The van der Waals surface area contributed by atoms with Gasteiger partial charge in [-0.05, 0) is 56.6 Å². The quantitative estimate of drug-likeness (QED) is 0.782. The van der Waals surface area contributed by atoms with Crippen molar-refractivity contribution in [2.45, 2.75) is 33.1 Å². The molecule has 0 fully saturated rings. The highest BCUT2D eigenvalue weighted by atomic mass is 79.9. The molecule has 0 saturated carbocycles. The Bertz CT molecular complexity index is 554. The number of rotatable bonds is 7. The molecule has 0 radical (unpaired) electrons. The Morgan fingerprint density at radius 2 is 2.10 bits per heavy atom. The summed E-state index contributed by atoms with van der Waals surface area (Å²) >= 11 is 3.46. The minimum atomic E-state index is 0.603. The number of aryl methyl sites for hydroxylation is 2. The molecule has 1 N–H and O–H groups in total. The van der Waals surface area contributed by atoms with Crippen LogP contribution in [0.5, 0.6) is 0 Å². The number of hydrogen-bond donors (Lipinski definition) is 1. The van der Waals surface area contributed by atoms with E-state index in [2.05, 4.69) is 38.4 Å². The predicted molar refractivity (Wildman–Crippen MR) is 83.7 cm³/mol. The molecule has 5 heteroatoms. The first-order valence-electron chi connectivity index (χ1n) is 7.00. The van der Waals surface area contributed by atoms with Crippen LogP contribution in [0.3, 0.4) is 0 Å². The zero-order chi connectivity index (χ0) is 14.4. The van der Waals surface area contributed by atoms with Crippen LogP contribution < -0.4 is 5.32 Å². The third kappa shape index (κ3) is 4.15. The lowest BCUT2D eigenvalue weighted by molar-refractivity contribution is 0.491. The molecule has 0 amide bonds.